The highest BCUT2D eigenvalue weighted by Gasteiger charge is 2.11. The van der Waals surface area contributed by atoms with Gasteiger partial charge in [-0.05, 0) is 36.3 Å². The summed E-state index contributed by atoms with van der Waals surface area (Å²) in [5, 5.41) is 8.92. The molecular weight excluding hydrogens is 208 g/mol. The van der Waals surface area contributed by atoms with Crippen molar-refractivity contribution in [2.75, 3.05) is 7.11 Å². The lowest BCUT2D eigenvalue weighted by atomic mass is 10.0. The van der Waals surface area contributed by atoms with Gasteiger partial charge in [0.1, 0.15) is 12.0 Å². The first-order valence-electron chi connectivity index (χ1n) is 4.64. The summed E-state index contributed by atoms with van der Waals surface area (Å²) in [6, 6.07) is 4.95. The van der Waals surface area contributed by atoms with Crippen LogP contribution in [0.1, 0.15) is 11.1 Å². The fraction of sp³-hybridized carbons (Fsp3) is 0.167. The zero-order valence-electron chi connectivity index (χ0n) is 9.06. The first kappa shape index (κ1) is 12.0. The van der Waals surface area contributed by atoms with Crippen molar-refractivity contribution in [3.05, 3.63) is 35.4 Å². The molecule has 0 aliphatic carbocycles. The molecule has 0 radical (unpaired) electrons. The summed E-state index contributed by atoms with van der Waals surface area (Å²) in [7, 11) is 1.54. The van der Waals surface area contributed by atoms with E-state index in [1.54, 1.807) is 25.3 Å². The maximum absolute atomic E-state index is 10.9. The van der Waals surface area contributed by atoms with Crippen molar-refractivity contribution in [2.24, 2.45) is 0 Å². The molecule has 84 valence electrons. The molecule has 0 heterocycles. The van der Waals surface area contributed by atoms with Crippen molar-refractivity contribution in [1.82, 2.24) is 0 Å². The van der Waals surface area contributed by atoms with Gasteiger partial charge >= 0.3 is 5.97 Å². The van der Waals surface area contributed by atoms with Crippen LogP contribution in [0.4, 0.5) is 0 Å². The van der Waals surface area contributed by atoms with Gasteiger partial charge < -0.3 is 9.84 Å². The Morgan fingerprint density at radius 2 is 2.12 bits per heavy atom. The number of aryl methyl sites for hydroxylation is 1. The molecule has 0 atom stereocenters. The van der Waals surface area contributed by atoms with E-state index >= 15 is 0 Å². The van der Waals surface area contributed by atoms with E-state index < -0.39 is 5.97 Å². The van der Waals surface area contributed by atoms with E-state index in [0.29, 0.717) is 17.6 Å². The number of rotatable bonds is 4. The zero-order valence-corrected chi connectivity index (χ0v) is 9.06. The normalized spacial score (nSPS) is 11.0. The lowest BCUT2D eigenvalue weighted by Crippen LogP contribution is -2.01. The van der Waals surface area contributed by atoms with Crippen LogP contribution in [0.2, 0.25) is 0 Å². The quantitative estimate of drug-likeness (QED) is 0.619. The van der Waals surface area contributed by atoms with Gasteiger partial charge in [0, 0.05) is 0 Å². The minimum atomic E-state index is -1.13. The van der Waals surface area contributed by atoms with Crippen LogP contribution >= 0.6 is 0 Å². The molecule has 4 nitrogen and oxygen atoms in total. The molecule has 0 aromatic heterocycles. The van der Waals surface area contributed by atoms with Crippen LogP contribution in [0.25, 0.3) is 5.57 Å². The fourth-order valence-corrected chi connectivity index (χ4v) is 1.40. The van der Waals surface area contributed by atoms with E-state index in [9.17, 15) is 9.59 Å². The van der Waals surface area contributed by atoms with E-state index in [2.05, 4.69) is 0 Å². The number of hydrogen-bond acceptors (Lipinski definition) is 3. The maximum Gasteiger partial charge on any atom is 0.336 e. The van der Waals surface area contributed by atoms with Gasteiger partial charge in [0.25, 0.3) is 0 Å². The van der Waals surface area contributed by atoms with Gasteiger partial charge in [0.2, 0.25) is 0 Å². The number of carboxylic acid groups (broad SMARTS) is 1. The van der Waals surface area contributed by atoms with Crippen LogP contribution in [-0.2, 0) is 9.59 Å². The van der Waals surface area contributed by atoms with Gasteiger partial charge in [-0.2, -0.15) is 0 Å². The predicted octanol–water partition coefficient (Wildman–Crippen LogP) is 1.67. The summed E-state index contributed by atoms with van der Waals surface area (Å²) in [6.45, 7) is 1.81. The summed E-state index contributed by atoms with van der Waals surface area (Å²) in [4.78, 5) is 21.2. The summed E-state index contributed by atoms with van der Waals surface area (Å²) in [5.41, 5.74) is 1.27. The Bertz CT molecular complexity index is 446. The van der Waals surface area contributed by atoms with Crippen LogP contribution in [-0.4, -0.2) is 24.5 Å². The van der Waals surface area contributed by atoms with E-state index in [0.717, 1.165) is 11.6 Å². The molecule has 1 N–H and O–H groups in total. The average molecular weight is 220 g/mol. The molecule has 0 amide bonds. The highest BCUT2D eigenvalue weighted by molar-refractivity contribution is 6.18. The fourth-order valence-electron chi connectivity index (χ4n) is 1.40. The van der Waals surface area contributed by atoms with Crippen LogP contribution < -0.4 is 4.74 Å². The second kappa shape index (κ2) is 5.11. The number of allylic oxidation sites excluding steroid dienone is 1. The number of carboxylic acids is 1. The molecule has 4 heteroatoms. The number of carbonyl (C=O) groups is 2. The minimum Gasteiger partial charge on any atom is -0.496 e. The SMILES string of the molecule is COc1ccc(C(=CC=O)C(=O)O)cc1C. The number of hydrogen-bond donors (Lipinski definition) is 1. The second-order valence-electron chi connectivity index (χ2n) is 3.21. The van der Waals surface area contributed by atoms with E-state index in [-0.39, 0.29) is 5.57 Å². The van der Waals surface area contributed by atoms with Crippen molar-refractivity contribution in [2.45, 2.75) is 6.92 Å². The molecular formula is C12H12O4. The first-order chi connectivity index (χ1) is 7.60. The summed E-state index contributed by atoms with van der Waals surface area (Å²) in [6.07, 6.45) is 1.49. The van der Waals surface area contributed by atoms with Gasteiger partial charge in [-0.15, -0.1) is 0 Å². The van der Waals surface area contributed by atoms with Crippen molar-refractivity contribution in [3.63, 3.8) is 0 Å². The molecule has 0 bridgehead atoms. The first-order valence-corrected chi connectivity index (χ1v) is 4.64. The second-order valence-corrected chi connectivity index (χ2v) is 3.21. The van der Waals surface area contributed by atoms with Crippen LogP contribution in [0.3, 0.4) is 0 Å². The molecule has 16 heavy (non-hydrogen) atoms. The molecule has 1 aromatic carbocycles. The Labute approximate surface area is 93.2 Å². The smallest absolute Gasteiger partial charge is 0.336 e. The van der Waals surface area contributed by atoms with Gasteiger partial charge in [0.15, 0.2) is 0 Å². The molecule has 0 unspecified atom stereocenters. The molecule has 1 aromatic rings. The minimum absolute atomic E-state index is 0.0271. The number of ether oxygens (including phenoxy) is 1. The lowest BCUT2D eigenvalue weighted by molar-refractivity contribution is -0.130. The molecule has 0 saturated carbocycles. The molecule has 0 fully saturated rings. The molecule has 0 aliphatic heterocycles. The largest absolute Gasteiger partial charge is 0.496 e. The summed E-state index contributed by atoms with van der Waals surface area (Å²) in [5.74, 6) is -0.448. The average Bonchev–Trinajstić information content (AvgIpc) is 2.25. The topological polar surface area (TPSA) is 63.6 Å². The highest BCUT2D eigenvalue weighted by Crippen LogP contribution is 2.23. The number of aliphatic carboxylic acids is 1. The van der Waals surface area contributed by atoms with Gasteiger partial charge in [0.05, 0.1) is 12.7 Å². The highest BCUT2D eigenvalue weighted by atomic mass is 16.5. The summed E-state index contributed by atoms with van der Waals surface area (Å²) < 4.78 is 5.06. The number of methoxy groups -OCH3 is 1. The number of benzene rings is 1. The van der Waals surface area contributed by atoms with E-state index in [4.69, 9.17) is 9.84 Å². The van der Waals surface area contributed by atoms with E-state index in [1.807, 2.05) is 6.92 Å². The van der Waals surface area contributed by atoms with Crippen LogP contribution in [0.15, 0.2) is 24.3 Å². The van der Waals surface area contributed by atoms with Crippen molar-refractivity contribution >= 4 is 17.8 Å². The third kappa shape index (κ3) is 2.48. The Hall–Kier alpha value is -2.10. The molecule has 0 saturated heterocycles. The van der Waals surface area contributed by atoms with Crippen molar-refractivity contribution < 1.29 is 19.4 Å². The number of carbonyl (C=O) groups excluding carboxylic acids is 1. The third-order valence-electron chi connectivity index (χ3n) is 2.17. The molecule has 0 aliphatic rings. The Balaban J connectivity index is 3.22. The third-order valence-corrected chi connectivity index (χ3v) is 2.17. The Kier molecular flexibility index (Phi) is 3.83. The van der Waals surface area contributed by atoms with Gasteiger partial charge in [-0.1, -0.05) is 6.07 Å². The van der Waals surface area contributed by atoms with Crippen LogP contribution in [0.5, 0.6) is 5.75 Å². The van der Waals surface area contributed by atoms with Crippen molar-refractivity contribution in [3.8, 4) is 5.75 Å². The standard InChI is InChI=1S/C12H12O4/c1-8-7-9(3-4-11(8)16-2)10(5-6-13)12(14)15/h3-7H,1-2H3,(H,14,15). The lowest BCUT2D eigenvalue weighted by Gasteiger charge is -2.07. The van der Waals surface area contributed by atoms with Crippen LogP contribution in [0, 0.1) is 6.92 Å². The zero-order chi connectivity index (χ0) is 12.1. The van der Waals surface area contributed by atoms with Gasteiger partial charge in [-0.3, -0.25) is 4.79 Å². The predicted molar refractivity (Wildman–Crippen MR) is 59.4 cm³/mol. The summed E-state index contributed by atoms with van der Waals surface area (Å²) >= 11 is 0. The number of aldehydes is 1. The molecule has 0 spiro atoms. The Morgan fingerprint density at radius 1 is 1.44 bits per heavy atom. The maximum atomic E-state index is 10.9. The van der Waals surface area contributed by atoms with Crippen molar-refractivity contribution in [1.29, 1.82) is 0 Å². The molecule has 1 rings (SSSR count). The van der Waals surface area contributed by atoms with Gasteiger partial charge in [-0.25, -0.2) is 4.79 Å². The monoisotopic (exact) mass is 220 g/mol. The van der Waals surface area contributed by atoms with E-state index in [1.165, 1.54) is 0 Å². The Morgan fingerprint density at radius 3 is 2.56 bits per heavy atom.